The number of fused-ring (bicyclic) bond motifs is 7. The standard InChI is InChI=1S/C33H56O9/c1-17(16-40-30-29(38)28(37)27(36)25(15-34)41-30)7-12-33(39)18(2)26-24(42-33)14-23-21-6-5-19-13-20(35)8-10-31(19,3)22(21)9-11-32(23,26)4/h17-30,34-39H,5-16H2,1-4H3/t17-,18+,19-,20+,21-,22+,23+,24+,25-,26+,27+,28-,29-,30+,31+,32+,33-/m1/s1. The Kier molecular flexibility index (Phi) is 8.63. The third-order valence-electron chi connectivity index (χ3n) is 13.7. The van der Waals surface area contributed by atoms with Gasteiger partial charge < -0.3 is 44.8 Å². The lowest BCUT2D eigenvalue weighted by atomic mass is 9.44. The minimum Gasteiger partial charge on any atom is -0.394 e. The Labute approximate surface area is 250 Å². The molecule has 4 saturated carbocycles. The monoisotopic (exact) mass is 596 g/mol. The van der Waals surface area contributed by atoms with Crippen molar-refractivity contribution in [1.82, 2.24) is 0 Å². The molecule has 0 aromatic carbocycles. The number of aliphatic hydroxyl groups is 6. The van der Waals surface area contributed by atoms with Gasteiger partial charge in [0.15, 0.2) is 12.1 Å². The fourth-order valence-corrected chi connectivity index (χ4v) is 11.2. The van der Waals surface area contributed by atoms with E-state index in [-0.39, 0.29) is 36.1 Å². The van der Waals surface area contributed by atoms with Gasteiger partial charge in [0.1, 0.15) is 24.4 Å². The second-order valence-corrected chi connectivity index (χ2v) is 15.9. The zero-order valence-corrected chi connectivity index (χ0v) is 26.0. The summed E-state index contributed by atoms with van der Waals surface area (Å²) in [7, 11) is 0. The first-order chi connectivity index (χ1) is 19.8. The first-order valence-electron chi connectivity index (χ1n) is 16.8. The fraction of sp³-hybridized carbons (Fsp3) is 1.00. The smallest absolute Gasteiger partial charge is 0.186 e. The Balaban J connectivity index is 1.05. The highest BCUT2D eigenvalue weighted by Gasteiger charge is 2.68. The van der Waals surface area contributed by atoms with E-state index in [4.69, 9.17) is 14.2 Å². The van der Waals surface area contributed by atoms with E-state index >= 15 is 0 Å². The summed E-state index contributed by atoms with van der Waals surface area (Å²) in [6.07, 6.45) is 3.76. The summed E-state index contributed by atoms with van der Waals surface area (Å²) in [5.41, 5.74) is 0.521. The molecule has 0 aromatic rings. The van der Waals surface area contributed by atoms with Gasteiger partial charge in [0.2, 0.25) is 0 Å². The number of rotatable bonds is 7. The van der Waals surface area contributed by atoms with Crippen molar-refractivity contribution in [3.63, 3.8) is 0 Å². The van der Waals surface area contributed by atoms with Gasteiger partial charge in [-0.3, -0.25) is 0 Å². The van der Waals surface area contributed by atoms with Gasteiger partial charge in [0.25, 0.3) is 0 Å². The molecule has 6 aliphatic rings. The van der Waals surface area contributed by atoms with E-state index in [0.717, 1.165) is 31.6 Å². The number of hydrogen-bond donors (Lipinski definition) is 6. The lowest BCUT2D eigenvalue weighted by Gasteiger charge is -2.61. The zero-order chi connectivity index (χ0) is 30.2. The molecular weight excluding hydrogens is 540 g/mol. The topological polar surface area (TPSA) is 149 Å². The molecule has 4 aliphatic carbocycles. The largest absolute Gasteiger partial charge is 0.394 e. The molecule has 9 nitrogen and oxygen atoms in total. The van der Waals surface area contributed by atoms with Crippen LogP contribution in [0.25, 0.3) is 0 Å². The molecule has 17 atom stereocenters. The van der Waals surface area contributed by atoms with E-state index in [0.29, 0.717) is 41.9 Å². The molecule has 6 rings (SSSR count). The average Bonchev–Trinajstić information content (AvgIpc) is 3.39. The highest BCUT2D eigenvalue weighted by Crippen LogP contribution is 2.70. The Morgan fingerprint density at radius 3 is 2.38 bits per heavy atom. The van der Waals surface area contributed by atoms with Crippen molar-refractivity contribution in [2.24, 2.45) is 52.3 Å². The molecule has 0 spiro atoms. The average molecular weight is 597 g/mol. The lowest BCUT2D eigenvalue weighted by molar-refractivity contribution is -0.303. The van der Waals surface area contributed by atoms with Crippen molar-refractivity contribution in [2.45, 2.75) is 141 Å². The summed E-state index contributed by atoms with van der Waals surface area (Å²) in [4.78, 5) is 0. The molecular formula is C33H56O9. The van der Waals surface area contributed by atoms with Gasteiger partial charge in [-0.05, 0) is 104 Å². The Bertz CT molecular complexity index is 964. The summed E-state index contributed by atoms with van der Waals surface area (Å²) in [5, 5.41) is 61.9. The third kappa shape index (κ3) is 5.01. The van der Waals surface area contributed by atoms with Gasteiger partial charge in [-0.1, -0.05) is 27.7 Å². The van der Waals surface area contributed by atoms with Crippen molar-refractivity contribution in [1.29, 1.82) is 0 Å². The predicted molar refractivity (Wildman–Crippen MR) is 154 cm³/mol. The van der Waals surface area contributed by atoms with Crippen LogP contribution in [0.5, 0.6) is 0 Å². The van der Waals surface area contributed by atoms with Crippen molar-refractivity contribution in [2.75, 3.05) is 13.2 Å². The predicted octanol–water partition coefficient (Wildman–Crippen LogP) is 2.57. The summed E-state index contributed by atoms with van der Waals surface area (Å²) in [6, 6.07) is 0. The van der Waals surface area contributed by atoms with Crippen LogP contribution < -0.4 is 0 Å². The Morgan fingerprint density at radius 2 is 1.64 bits per heavy atom. The normalized spacial score (nSPS) is 56.3. The van der Waals surface area contributed by atoms with E-state index in [2.05, 4.69) is 20.8 Å². The molecule has 2 saturated heterocycles. The Hall–Kier alpha value is -0.360. The molecule has 6 N–H and O–H groups in total. The van der Waals surface area contributed by atoms with Gasteiger partial charge in [-0.2, -0.15) is 0 Å². The first kappa shape index (κ1) is 31.6. The van der Waals surface area contributed by atoms with E-state index in [1.165, 1.54) is 25.7 Å². The molecule has 0 radical (unpaired) electrons. The highest BCUT2D eigenvalue weighted by molar-refractivity contribution is 5.15. The van der Waals surface area contributed by atoms with Crippen LogP contribution in [0.15, 0.2) is 0 Å². The quantitative estimate of drug-likeness (QED) is 0.261. The van der Waals surface area contributed by atoms with Crippen molar-refractivity contribution in [3.05, 3.63) is 0 Å². The third-order valence-corrected chi connectivity index (χ3v) is 13.7. The molecule has 6 fully saturated rings. The second kappa shape index (κ2) is 11.5. The van der Waals surface area contributed by atoms with Crippen LogP contribution in [0.4, 0.5) is 0 Å². The van der Waals surface area contributed by atoms with Gasteiger partial charge in [-0.25, -0.2) is 0 Å². The van der Waals surface area contributed by atoms with Crippen LogP contribution in [0, 0.1) is 52.3 Å². The first-order valence-corrected chi connectivity index (χ1v) is 16.8. The van der Waals surface area contributed by atoms with E-state index in [1.54, 1.807) is 0 Å². The van der Waals surface area contributed by atoms with Crippen LogP contribution in [0.1, 0.15) is 91.9 Å². The van der Waals surface area contributed by atoms with E-state index < -0.39 is 43.1 Å². The molecule has 42 heavy (non-hydrogen) atoms. The second-order valence-electron chi connectivity index (χ2n) is 15.9. The van der Waals surface area contributed by atoms with Crippen LogP contribution >= 0.6 is 0 Å². The van der Waals surface area contributed by atoms with Gasteiger partial charge in [0, 0.05) is 12.3 Å². The molecule has 0 unspecified atom stereocenters. The maximum absolute atomic E-state index is 11.8. The summed E-state index contributed by atoms with van der Waals surface area (Å²) >= 11 is 0. The van der Waals surface area contributed by atoms with Gasteiger partial charge >= 0.3 is 0 Å². The van der Waals surface area contributed by atoms with Crippen LogP contribution in [-0.2, 0) is 14.2 Å². The summed E-state index contributed by atoms with van der Waals surface area (Å²) < 4.78 is 17.8. The minimum atomic E-state index is -1.46. The highest BCUT2D eigenvalue weighted by atomic mass is 16.7. The fourth-order valence-electron chi connectivity index (χ4n) is 11.2. The maximum Gasteiger partial charge on any atom is 0.186 e. The molecule has 0 aromatic heterocycles. The molecule has 2 heterocycles. The molecule has 2 aliphatic heterocycles. The van der Waals surface area contributed by atoms with Crippen LogP contribution in [-0.4, -0.2) is 92.6 Å². The SMILES string of the molecule is C[C@H](CC[C@@]1(O)O[C@H]2C[C@H]3[C@@H]4CC[C@@H]5C[C@@H](O)CC[C@]5(C)[C@H]4CC[C@]3(C)[C@H]2[C@@H]1C)CO[C@H]1O[C@H](CO)[C@H](O)[C@@H](O)[C@H]1O. The van der Waals surface area contributed by atoms with Gasteiger partial charge in [0.05, 0.1) is 25.4 Å². The molecule has 9 heteroatoms. The number of ether oxygens (including phenoxy) is 3. The van der Waals surface area contributed by atoms with Crippen LogP contribution in [0.2, 0.25) is 0 Å². The van der Waals surface area contributed by atoms with Crippen molar-refractivity contribution < 1.29 is 44.8 Å². The zero-order valence-electron chi connectivity index (χ0n) is 26.0. The number of hydrogen-bond acceptors (Lipinski definition) is 9. The Morgan fingerprint density at radius 1 is 0.905 bits per heavy atom. The summed E-state index contributed by atoms with van der Waals surface area (Å²) in [6.45, 7) is 8.95. The number of aliphatic hydroxyl groups excluding tert-OH is 5. The van der Waals surface area contributed by atoms with E-state index in [1.807, 2.05) is 6.92 Å². The molecule has 0 bridgehead atoms. The lowest BCUT2D eigenvalue weighted by Crippen LogP contribution is -2.59. The van der Waals surface area contributed by atoms with Gasteiger partial charge in [-0.15, -0.1) is 0 Å². The van der Waals surface area contributed by atoms with Crippen LogP contribution in [0.3, 0.4) is 0 Å². The molecule has 0 amide bonds. The summed E-state index contributed by atoms with van der Waals surface area (Å²) in [5.74, 6) is 1.96. The minimum absolute atomic E-state index is 0.0290. The van der Waals surface area contributed by atoms with Crippen molar-refractivity contribution in [3.8, 4) is 0 Å². The maximum atomic E-state index is 11.8. The van der Waals surface area contributed by atoms with E-state index in [9.17, 15) is 30.6 Å². The van der Waals surface area contributed by atoms with Crippen molar-refractivity contribution >= 4 is 0 Å². The molecule has 242 valence electrons.